The maximum absolute atomic E-state index is 12.1. The Morgan fingerprint density at radius 1 is 1.64 bits per heavy atom. The van der Waals surface area contributed by atoms with Crippen molar-refractivity contribution in [2.24, 2.45) is 0 Å². The zero-order valence-corrected chi connectivity index (χ0v) is 6.36. The molecule has 0 aliphatic rings. The number of nitrogens with one attached hydrogen (secondary N) is 1. The van der Waals surface area contributed by atoms with Gasteiger partial charge in [0.15, 0.2) is 0 Å². The van der Waals surface area contributed by atoms with Gasteiger partial charge < -0.3 is 5.32 Å². The molecule has 1 N–H and O–H groups in total. The predicted molar refractivity (Wildman–Crippen MR) is 42.3 cm³/mol. The number of carbonyl (C=O) groups is 1. The fourth-order valence-electron chi connectivity index (χ4n) is 0.518. The van der Waals surface area contributed by atoms with Gasteiger partial charge in [-0.2, -0.15) is 0 Å². The van der Waals surface area contributed by atoms with E-state index in [0.29, 0.717) is 5.70 Å². The van der Waals surface area contributed by atoms with E-state index in [0.717, 1.165) is 6.08 Å². The van der Waals surface area contributed by atoms with E-state index in [-0.39, 0.29) is 5.91 Å². The largest absolute Gasteiger partial charge is 0.326 e. The van der Waals surface area contributed by atoms with Gasteiger partial charge >= 0.3 is 0 Å². The van der Waals surface area contributed by atoms with Crippen LogP contribution in [0.4, 0.5) is 4.39 Å². The summed E-state index contributed by atoms with van der Waals surface area (Å²) in [5.74, 6) is -0.883. The Morgan fingerprint density at radius 3 is 2.45 bits per heavy atom. The molecule has 0 unspecified atom stereocenters. The van der Waals surface area contributed by atoms with E-state index in [9.17, 15) is 9.18 Å². The second-order valence-electron chi connectivity index (χ2n) is 1.93. The van der Waals surface area contributed by atoms with Crippen molar-refractivity contribution in [1.29, 1.82) is 0 Å². The maximum atomic E-state index is 12.1. The van der Waals surface area contributed by atoms with Gasteiger partial charge in [0.1, 0.15) is 5.83 Å². The normalized spacial score (nSPS) is 10.5. The van der Waals surface area contributed by atoms with Crippen molar-refractivity contribution in [3.05, 3.63) is 36.8 Å². The van der Waals surface area contributed by atoms with Gasteiger partial charge in [0.05, 0.1) is 0 Å². The van der Waals surface area contributed by atoms with Crippen molar-refractivity contribution in [1.82, 2.24) is 5.32 Å². The first-order valence-corrected chi connectivity index (χ1v) is 3.02. The van der Waals surface area contributed by atoms with E-state index in [1.807, 2.05) is 0 Å². The van der Waals surface area contributed by atoms with Crippen molar-refractivity contribution in [2.75, 3.05) is 0 Å². The summed E-state index contributed by atoms with van der Waals surface area (Å²) in [6.07, 6.45) is 2.43. The molecule has 0 aromatic rings. The summed E-state index contributed by atoms with van der Waals surface area (Å²) in [5, 5.41) is 2.36. The molecular weight excluding hydrogens is 145 g/mol. The number of carbonyl (C=O) groups excluding carboxylic acids is 1. The number of hydrogen-bond donors (Lipinski definition) is 1. The highest BCUT2D eigenvalue weighted by molar-refractivity contribution is 5.75. The average Bonchev–Trinajstić information content (AvgIpc) is 1.84. The third-order valence-electron chi connectivity index (χ3n) is 0.852. The van der Waals surface area contributed by atoms with Crippen LogP contribution in [0.2, 0.25) is 0 Å². The van der Waals surface area contributed by atoms with Crippen LogP contribution < -0.4 is 5.32 Å². The first-order valence-electron chi connectivity index (χ1n) is 3.02. The number of hydrogen-bond acceptors (Lipinski definition) is 1. The van der Waals surface area contributed by atoms with Gasteiger partial charge in [-0.1, -0.05) is 13.2 Å². The van der Waals surface area contributed by atoms with Crippen molar-refractivity contribution < 1.29 is 9.18 Å². The number of halogens is 1. The van der Waals surface area contributed by atoms with Gasteiger partial charge in [-0.15, -0.1) is 0 Å². The lowest BCUT2D eigenvalue weighted by atomic mass is 10.3. The highest BCUT2D eigenvalue weighted by Gasteiger charge is 1.94. The summed E-state index contributed by atoms with van der Waals surface area (Å²) in [7, 11) is 0. The van der Waals surface area contributed by atoms with Crippen molar-refractivity contribution in [2.45, 2.75) is 6.92 Å². The Kier molecular flexibility index (Phi) is 3.88. The average molecular weight is 155 g/mol. The highest BCUT2D eigenvalue weighted by Crippen LogP contribution is 1.99. The molecular formula is C8H10FNO. The Balaban J connectivity index is 4.28. The SMILES string of the molecule is C=C/C(=C\C(=C)F)NC(C)=O. The lowest BCUT2D eigenvalue weighted by molar-refractivity contribution is -0.118. The molecule has 0 heterocycles. The lowest BCUT2D eigenvalue weighted by Crippen LogP contribution is -2.17. The molecule has 11 heavy (non-hydrogen) atoms. The Bertz CT molecular complexity index is 218. The Labute approximate surface area is 65.1 Å². The smallest absolute Gasteiger partial charge is 0.221 e. The number of rotatable bonds is 3. The van der Waals surface area contributed by atoms with Crippen LogP contribution in [-0.2, 0) is 4.79 Å². The van der Waals surface area contributed by atoms with Gasteiger partial charge in [0, 0.05) is 12.6 Å². The van der Waals surface area contributed by atoms with E-state index in [1.165, 1.54) is 13.0 Å². The van der Waals surface area contributed by atoms with E-state index < -0.39 is 5.83 Å². The van der Waals surface area contributed by atoms with Gasteiger partial charge in [0.25, 0.3) is 0 Å². The molecule has 0 bridgehead atoms. The standard InChI is InChI=1S/C8H10FNO/c1-4-8(5-6(2)9)10-7(3)11/h4-5H,1-2H2,3H3,(H,10,11)/b8-5+. The summed E-state index contributed by atoms with van der Waals surface area (Å²) in [6, 6.07) is 0. The quantitative estimate of drug-likeness (QED) is 0.617. The molecule has 0 rings (SSSR count). The van der Waals surface area contributed by atoms with E-state index >= 15 is 0 Å². The third kappa shape index (κ3) is 5.08. The second kappa shape index (κ2) is 4.44. The molecule has 0 atom stereocenters. The minimum atomic E-state index is -0.617. The van der Waals surface area contributed by atoms with Crippen molar-refractivity contribution >= 4 is 5.91 Å². The summed E-state index contributed by atoms with van der Waals surface area (Å²) in [6.45, 7) is 7.72. The van der Waals surface area contributed by atoms with Crippen LogP contribution in [0.15, 0.2) is 36.8 Å². The molecule has 0 aliphatic heterocycles. The third-order valence-corrected chi connectivity index (χ3v) is 0.852. The zero-order valence-electron chi connectivity index (χ0n) is 6.36. The fourth-order valence-corrected chi connectivity index (χ4v) is 0.518. The van der Waals surface area contributed by atoms with Gasteiger partial charge in [0.2, 0.25) is 5.91 Å². The Morgan fingerprint density at radius 2 is 2.18 bits per heavy atom. The van der Waals surface area contributed by atoms with Crippen LogP contribution in [-0.4, -0.2) is 5.91 Å². The molecule has 0 fully saturated rings. The molecule has 3 heteroatoms. The zero-order chi connectivity index (χ0) is 8.85. The summed E-state index contributed by atoms with van der Waals surface area (Å²) in [4.78, 5) is 10.4. The maximum Gasteiger partial charge on any atom is 0.221 e. The molecule has 0 aromatic carbocycles. The second-order valence-corrected chi connectivity index (χ2v) is 1.93. The van der Waals surface area contributed by atoms with Crippen LogP contribution in [0.25, 0.3) is 0 Å². The number of amides is 1. The predicted octanol–water partition coefficient (Wildman–Crippen LogP) is 1.68. The first-order chi connectivity index (χ1) is 5.06. The molecule has 1 amide bonds. The minimum Gasteiger partial charge on any atom is -0.326 e. The van der Waals surface area contributed by atoms with Crippen LogP contribution in [0, 0.1) is 0 Å². The van der Waals surface area contributed by atoms with Crippen LogP contribution >= 0.6 is 0 Å². The van der Waals surface area contributed by atoms with Gasteiger partial charge in [-0.3, -0.25) is 4.79 Å². The van der Waals surface area contributed by atoms with E-state index in [1.54, 1.807) is 0 Å². The van der Waals surface area contributed by atoms with E-state index in [4.69, 9.17) is 0 Å². The molecule has 0 saturated heterocycles. The monoisotopic (exact) mass is 155 g/mol. The highest BCUT2D eigenvalue weighted by atomic mass is 19.1. The van der Waals surface area contributed by atoms with Crippen LogP contribution in [0.3, 0.4) is 0 Å². The molecule has 0 aromatic heterocycles. The van der Waals surface area contributed by atoms with Crippen molar-refractivity contribution in [3.63, 3.8) is 0 Å². The molecule has 0 aliphatic carbocycles. The van der Waals surface area contributed by atoms with Crippen LogP contribution in [0.1, 0.15) is 6.92 Å². The van der Waals surface area contributed by atoms with Crippen molar-refractivity contribution in [3.8, 4) is 0 Å². The summed E-state index contributed by atoms with van der Waals surface area (Å²) in [5.41, 5.74) is 0.310. The Hall–Kier alpha value is -1.38. The lowest BCUT2D eigenvalue weighted by Gasteiger charge is -1.99. The van der Waals surface area contributed by atoms with Crippen LogP contribution in [0.5, 0.6) is 0 Å². The fraction of sp³-hybridized carbons (Fsp3) is 0.125. The number of allylic oxidation sites excluding steroid dienone is 3. The molecule has 0 saturated carbocycles. The first kappa shape index (κ1) is 9.62. The molecule has 2 nitrogen and oxygen atoms in total. The summed E-state index contributed by atoms with van der Waals surface area (Å²) < 4.78 is 12.1. The minimum absolute atomic E-state index is 0.266. The van der Waals surface area contributed by atoms with Gasteiger partial charge in [-0.25, -0.2) is 4.39 Å². The topological polar surface area (TPSA) is 29.1 Å². The molecule has 0 radical (unpaired) electrons. The molecule has 0 spiro atoms. The molecule has 60 valence electrons. The van der Waals surface area contributed by atoms with Gasteiger partial charge in [-0.05, 0) is 12.2 Å². The van der Waals surface area contributed by atoms with E-state index in [2.05, 4.69) is 18.5 Å². The summed E-state index contributed by atoms with van der Waals surface area (Å²) >= 11 is 0.